The second-order valence-electron chi connectivity index (χ2n) is 8.57. The van der Waals surface area contributed by atoms with Gasteiger partial charge in [-0.3, -0.25) is 9.89 Å². The van der Waals surface area contributed by atoms with Crippen molar-refractivity contribution in [3.8, 4) is 17.0 Å². The van der Waals surface area contributed by atoms with E-state index < -0.39 is 0 Å². The highest BCUT2D eigenvalue weighted by Crippen LogP contribution is 2.47. The molecule has 5 rings (SSSR count). The van der Waals surface area contributed by atoms with Gasteiger partial charge < -0.3 is 15.7 Å². The molecular weight excluding hydrogens is 439 g/mol. The minimum Gasteiger partial charge on any atom is -0.507 e. The van der Waals surface area contributed by atoms with Crippen molar-refractivity contribution in [1.29, 1.82) is 0 Å². The zero-order valence-corrected chi connectivity index (χ0v) is 18.4. The molecule has 0 bridgehead atoms. The number of ketones is 1. The lowest BCUT2D eigenvalue weighted by Crippen LogP contribution is -2.48. The van der Waals surface area contributed by atoms with Gasteiger partial charge in [0.25, 0.3) is 0 Å². The number of aromatic hydroxyl groups is 1. The Labute approximate surface area is 188 Å². The zero-order valence-electron chi connectivity index (χ0n) is 16.9. The van der Waals surface area contributed by atoms with Gasteiger partial charge >= 0.3 is 0 Å². The molecule has 1 spiro atoms. The fourth-order valence-corrected chi connectivity index (χ4v) is 5.36. The predicted molar refractivity (Wildman–Crippen MR) is 119 cm³/mol. The Hall–Kier alpha value is -2.42. The highest BCUT2D eigenvalue weighted by atomic mass is 35.5. The van der Waals surface area contributed by atoms with Gasteiger partial charge in [-0.15, -0.1) is 0 Å². The second-order valence-corrected chi connectivity index (χ2v) is 9.30. The first-order valence-corrected chi connectivity index (χ1v) is 11.0. The minimum absolute atomic E-state index is 0.0504. The summed E-state index contributed by atoms with van der Waals surface area (Å²) in [6.07, 6.45) is 3.74. The lowest BCUT2D eigenvalue weighted by Gasteiger charge is -2.42. The van der Waals surface area contributed by atoms with Crippen molar-refractivity contribution < 1.29 is 9.90 Å². The number of hydrogen-bond acceptors (Lipinski definition) is 7. The van der Waals surface area contributed by atoms with E-state index in [0.717, 1.165) is 25.9 Å². The summed E-state index contributed by atoms with van der Waals surface area (Å²) < 4.78 is 0. The number of anilines is 1. The molecule has 8 nitrogen and oxygen atoms in total. The van der Waals surface area contributed by atoms with Crippen LogP contribution in [0.25, 0.3) is 22.3 Å². The Morgan fingerprint density at radius 1 is 1.32 bits per heavy atom. The fraction of sp³-hybridized carbons (Fsp3) is 0.429. The number of carbonyl (C=O) groups is 1. The summed E-state index contributed by atoms with van der Waals surface area (Å²) in [4.78, 5) is 22.9. The van der Waals surface area contributed by atoms with Gasteiger partial charge in [0.1, 0.15) is 28.2 Å². The van der Waals surface area contributed by atoms with Crippen LogP contribution < -0.4 is 10.6 Å². The third kappa shape index (κ3) is 3.16. The summed E-state index contributed by atoms with van der Waals surface area (Å²) in [6.45, 7) is 3.37. The molecule has 0 amide bonds. The van der Waals surface area contributed by atoms with E-state index in [-0.39, 0.29) is 39.1 Å². The van der Waals surface area contributed by atoms with E-state index in [0.29, 0.717) is 34.5 Å². The molecule has 10 heteroatoms. The average molecular weight is 461 g/mol. The van der Waals surface area contributed by atoms with Crippen LogP contribution in [0.15, 0.2) is 18.3 Å². The Kier molecular flexibility index (Phi) is 4.84. The van der Waals surface area contributed by atoms with Crippen molar-refractivity contribution in [2.24, 2.45) is 17.1 Å². The van der Waals surface area contributed by atoms with Crippen molar-refractivity contribution in [3.05, 3.63) is 28.5 Å². The number of rotatable bonds is 2. The van der Waals surface area contributed by atoms with Crippen LogP contribution in [-0.4, -0.2) is 50.2 Å². The number of piperidine rings is 1. The lowest BCUT2D eigenvalue weighted by molar-refractivity contribution is -0.120. The van der Waals surface area contributed by atoms with Gasteiger partial charge in [-0.1, -0.05) is 30.1 Å². The molecule has 2 aliphatic rings. The number of hydrogen-bond donors (Lipinski definition) is 3. The highest BCUT2D eigenvalue weighted by Gasteiger charge is 2.50. The standard InChI is InChI=1S/C21H22Cl2N6O2/c1-10-13(31)9-21(18(10)24)3-6-29(7-4-21)14-8-12(30)15-17(27-28-20(15)26-14)11-2-5-25-19(23)16(11)22/h2,5,8,10,18H,3-4,6-7,9,24H2,1H3,(H2,26,27,28,30)/t10-,18+/m1/s1. The largest absolute Gasteiger partial charge is 0.507 e. The molecule has 0 radical (unpaired) electrons. The molecule has 2 fully saturated rings. The quantitative estimate of drug-likeness (QED) is 0.499. The minimum atomic E-state index is -0.127. The Morgan fingerprint density at radius 2 is 2.06 bits per heavy atom. The third-order valence-electron chi connectivity index (χ3n) is 6.96. The highest BCUT2D eigenvalue weighted by molar-refractivity contribution is 6.43. The Balaban J connectivity index is 1.44. The van der Waals surface area contributed by atoms with Gasteiger partial charge in [-0.25, -0.2) is 9.97 Å². The van der Waals surface area contributed by atoms with Crippen molar-refractivity contribution >= 4 is 45.8 Å². The van der Waals surface area contributed by atoms with Crippen LogP contribution >= 0.6 is 23.2 Å². The van der Waals surface area contributed by atoms with Gasteiger partial charge in [0, 0.05) is 49.3 Å². The van der Waals surface area contributed by atoms with E-state index in [1.807, 2.05) is 6.92 Å². The molecule has 1 aliphatic carbocycles. The van der Waals surface area contributed by atoms with Crippen molar-refractivity contribution in [2.45, 2.75) is 32.2 Å². The first-order chi connectivity index (χ1) is 14.8. The van der Waals surface area contributed by atoms with E-state index in [1.54, 1.807) is 12.1 Å². The summed E-state index contributed by atoms with van der Waals surface area (Å²) in [7, 11) is 0. The summed E-state index contributed by atoms with van der Waals surface area (Å²) in [5.41, 5.74) is 7.76. The third-order valence-corrected chi connectivity index (χ3v) is 7.73. The number of carbonyl (C=O) groups excluding carboxylic acids is 1. The van der Waals surface area contributed by atoms with Crippen molar-refractivity contribution in [2.75, 3.05) is 18.0 Å². The topological polar surface area (TPSA) is 121 Å². The first-order valence-electron chi connectivity index (χ1n) is 10.2. The van der Waals surface area contributed by atoms with E-state index in [9.17, 15) is 9.90 Å². The van der Waals surface area contributed by atoms with Crippen molar-refractivity contribution in [3.63, 3.8) is 0 Å². The maximum Gasteiger partial charge on any atom is 0.161 e. The van der Waals surface area contributed by atoms with Gasteiger partial charge in [-0.2, -0.15) is 5.10 Å². The van der Waals surface area contributed by atoms with Crippen LogP contribution in [0.3, 0.4) is 0 Å². The van der Waals surface area contributed by atoms with Gasteiger partial charge in [0.2, 0.25) is 0 Å². The van der Waals surface area contributed by atoms with E-state index >= 15 is 0 Å². The molecule has 1 aliphatic heterocycles. The van der Waals surface area contributed by atoms with E-state index in [2.05, 4.69) is 25.1 Å². The number of fused-ring (bicyclic) bond motifs is 1. The number of pyridine rings is 2. The number of halogens is 2. The van der Waals surface area contributed by atoms with Crippen LogP contribution in [-0.2, 0) is 4.79 Å². The van der Waals surface area contributed by atoms with Crippen LogP contribution in [0, 0.1) is 11.3 Å². The molecule has 1 saturated heterocycles. The van der Waals surface area contributed by atoms with Crippen LogP contribution in [0.5, 0.6) is 5.75 Å². The number of Topliss-reactive ketones (excluding diaryl/α,β-unsaturated/α-hetero) is 1. The smallest absolute Gasteiger partial charge is 0.161 e. The van der Waals surface area contributed by atoms with Crippen LogP contribution in [0.4, 0.5) is 5.82 Å². The first kappa shape index (κ1) is 20.5. The zero-order chi connectivity index (χ0) is 21.9. The molecule has 1 saturated carbocycles. The summed E-state index contributed by atoms with van der Waals surface area (Å²) >= 11 is 12.3. The summed E-state index contributed by atoms with van der Waals surface area (Å²) in [5.74, 6) is 0.884. The average Bonchev–Trinajstić information content (AvgIpc) is 3.27. The lowest BCUT2D eigenvalue weighted by atomic mass is 9.73. The summed E-state index contributed by atoms with van der Waals surface area (Å²) in [5, 5.41) is 18.9. The molecule has 0 unspecified atom stereocenters. The Bertz CT molecular complexity index is 1190. The maximum atomic E-state index is 12.2. The Morgan fingerprint density at radius 3 is 2.74 bits per heavy atom. The van der Waals surface area contributed by atoms with Gasteiger partial charge in [-0.05, 0) is 24.3 Å². The van der Waals surface area contributed by atoms with E-state index in [4.69, 9.17) is 28.9 Å². The molecule has 4 heterocycles. The van der Waals surface area contributed by atoms with E-state index in [1.165, 1.54) is 6.20 Å². The second kappa shape index (κ2) is 7.32. The molecule has 4 N–H and O–H groups in total. The van der Waals surface area contributed by atoms with Gasteiger partial charge in [0.15, 0.2) is 5.65 Å². The molecule has 3 aromatic rings. The van der Waals surface area contributed by atoms with Gasteiger partial charge in [0.05, 0.1) is 10.4 Å². The predicted octanol–water partition coefficient (Wildman–Crippen LogP) is 3.56. The van der Waals surface area contributed by atoms with Crippen molar-refractivity contribution in [1.82, 2.24) is 20.2 Å². The van der Waals surface area contributed by atoms with Crippen LogP contribution in [0.1, 0.15) is 26.2 Å². The normalized spacial score (nSPS) is 23.2. The molecule has 0 aromatic carbocycles. The number of aromatic nitrogens is 4. The molecule has 31 heavy (non-hydrogen) atoms. The number of H-pyrrole nitrogens is 1. The monoisotopic (exact) mass is 460 g/mol. The molecule has 3 aromatic heterocycles. The SMILES string of the molecule is C[C@@H]1C(=O)CC2(CCN(c3cc(O)c4c(-c5ccnc(Cl)c5Cl)n[nH]c4n3)CC2)[C@H]1N. The number of nitrogens with two attached hydrogens (primary N) is 1. The summed E-state index contributed by atoms with van der Waals surface area (Å²) in [6, 6.07) is 3.23. The number of aromatic amines is 1. The molecular formula is C21H22Cl2N6O2. The molecule has 162 valence electrons. The maximum absolute atomic E-state index is 12.2. The van der Waals surface area contributed by atoms with Crippen LogP contribution in [0.2, 0.25) is 10.2 Å². The fourth-order valence-electron chi connectivity index (χ4n) is 5.00. The number of nitrogens with zero attached hydrogens (tertiary/aromatic N) is 4. The number of nitrogens with one attached hydrogen (secondary N) is 1. The molecule has 2 atom stereocenters.